The maximum atomic E-state index is 12.6. The average Bonchev–Trinajstić information content (AvgIpc) is 2.77. The molecule has 0 aromatic carbocycles. The molecule has 2 bridgehead atoms. The van der Waals surface area contributed by atoms with Crippen molar-refractivity contribution in [1.82, 2.24) is 4.98 Å². The number of rotatable bonds is 2. The van der Waals surface area contributed by atoms with Crippen molar-refractivity contribution >= 4 is 5.82 Å². The Morgan fingerprint density at radius 2 is 1.84 bits per heavy atom. The summed E-state index contributed by atoms with van der Waals surface area (Å²) in [5, 5.41) is 3.22. The summed E-state index contributed by atoms with van der Waals surface area (Å²) in [6.45, 7) is 0. The van der Waals surface area contributed by atoms with Gasteiger partial charge in [-0.1, -0.05) is 0 Å². The molecule has 1 heterocycles. The van der Waals surface area contributed by atoms with Crippen LogP contribution in [-0.4, -0.2) is 11.0 Å². The minimum absolute atomic E-state index is 0.363. The normalized spacial score (nSPS) is 39.2. The molecule has 0 amide bonds. The third kappa shape index (κ3) is 1.74. The molecule has 3 saturated carbocycles. The topological polar surface area (TPSA) is 24.9 Å². The third-order valence-corrected chi connectivity index (χ3v) is 5.14. The number of nitrogens with zero attached hydrogens (tertiary/aromatic N) is 1. The first kappa shape index (κ1) is 11.6. The van der Waals surface area contributed by atoms with E-state index in [2.05, 4.69) is 10.3 Å². The molecule has 3 aliphatic rings. The minimum Gasteiger partial charge on any atom is -0.367 e. The largest absolute Gasteiger partial charge is 0.416 e. The summed E-state index contributed by atoms with van der Waals surface area (Å²) in [5.74, 6) is 3.36. The Morgan fingerprint density at radius 3 is 2.47 bits per heavy atom. The lowest BCUT2D eigenvalue weighted by molar-refractivity contribution is -0.137. The van der Waals surface area contributed by atoms with E-state index in [1.54, 1.807) is 0 Å². The summed E-state index contributed by atoms with van der Waals surface area (Å²) >= 11 is 0. The molecular formula is C14H15F3N2. The van der Waals surface area contributed by atoms with Gasteiger partial charge in [0.25, 0.3) is 0 Å². The number of hydrogen-bond donors (Lipinski definition) is 1. The van der Waals surface area contributed by atoms with E-state index in [0.29, 0.717) is 23.7 Å². The van der Waals surface area contributed by atoms with Gasteiger partial charge in [0.2, 0.25) is 0 Å². The lowest BCUT2D eigenvalue weighted by atomic mass is 10.0. The summed E-state index contributed by atoms with van der Waals surface area (Å²) < 4.78 is 37.9. The second-order valence-electron chi connectivity index (χ2n) is 6.09. The van der Waals surface area contributed by atoms with E-state index in [1.165, 1.54) is 25.5 Å². The van der Waals surface area contributed by atoms with Gasteiger partial charge in [0, 0.05) is 12.2 Å². The summed E-state index contributed by atoms with van der Waals surface area (Å²) in [6, 6.07) is 2.50. The number of fused-ring (bicyclic) bond motifs is 5. The highest BCUT2D eigenvalue weighted by Crippen LogP contribution is 2.66. The van der Waals surface area contributed by atoms with Crippen LogP contribution < -0.4 is 5.32 Å². The number of alkyl halides is 3. The van der Waals surface area contributed by atoms with Crippen LogP contribution in [0.25, 0.3) is 0 Å². The highest BCUT2D eigenvalue weighted by atomic mass is 19.4. The van der Waals surface area contributed by atoms with E-state index in [4.69, 9.17) is 0 Å². The zero-order valence-corrected chi connectivity index (χ0v) is 10.3. The second-order valence-corrected chi connectivity index (χ2v) is 6.09. The van der Waals surface area contributed by atoms with Crippen LogP contribution in [0.3, 0.4) is 0 Å². The molecule has 5 heteroatoms. The summed E-state index contributed by atoms with van der Waals surface area (Å²) in [6.07, 6.45) is 0.888. The Balaban J connectivity index is 1.50. The number of halogens is 3. The number of aromatic nitrogens is 1. The van der Waals surface area contributed by atoms with Crippen molar-refractivity contribution in [2.75, 3.05) is 5.32 Å². The monoisotopic (exact) mass is 268 g/mol. The quantitative estimate of drug-likeness (QED) is 0.887. The van der Waals surface area contributed by atoms with Crippen molar-refractivity contribution in [2.24, 2.45) is 23.7 Å². The van der Waals surface area contributed by atoms with Gasteiger partial charge in [-0.3, -0.25) is 0 Å². The lowest BCUT2D eigenvalue weighted by Crippen LogP contribution is -2.14. The van der Waals surface area contributed by atoms with E-state index in [1.807, 2.05) is 0 Å². The van der Waals surface area contributed by atoms with Gasteiger partial charge < -0.3 is 5.32 Å². The van der Waals surface area contributed by atoms with Gasteiger partial charge in [0.15, 0.2) is 0 Å². The first-order valence-electron chi connectivity index (χ1n) is 6.84. The van der Waals surface area contributed by atoms with Gasteiger partial charge in [-0.25, -0.2) is 4.98 Å². The zero-order valence-electron chi connectivity index (χ0n) is 10.3. The Hall–Kier alpha value is -1.26. The molecule has 4 rings (SSSR count). The molecule has 0 radical (unpaired) electrons. The summed E-state index contributed by atoms with van der Waals surface area (Å²) in [5.41, 5.74) is -0.626. The van der Waals surface area contributed by atoms with Crippen LogP contribution in [0.2, 0.25) is 0 Å². The molecule has 3 fully saturated rings. The second kappa shape index (κ2) is 3.64. The van der Waals surface area contributed by atoms with Crippen molar-refractivity contribution in [3.05, 3.63) is 23.9 Å². The number of anilines is 1. The minimum atomic E-state index is -4.29. The predicted octanol–water partition coefficient (Wildman–Crippen LogP) is 3.56. The molecule has 19 heavy (non-hydrogen) atoms. The molecule has 2 nitrogen and oxygen atoms in total. The van der Waals surface area contributed by atoms with Crippen LogP contribution in [0.4, 0.5) is 19.0 Å². The zero-order chi connectivity index (χ0) is 13.2. The fourth-order valence-electron chi connectivity index (χ4n) is 4.37. The lowest BCUT2D eigenvalue weighted by Gasteiger charge is -2.12. The molecule has 1 aromatic rings. The van der Waals surface area contributed by atoms with Gasteiger partial charge in [0.1, 0.15) is 5.82 Å². The van der Waals surface area contributed by atoms with E-state index in [9.17, 15) is 13.2 Å². The molecule has 102 valence electrons. The van der Waals surface area contributed by atoms with Gasteiger partial charge in [-0.2, -0.15) is 13.2 Å². The van der Waals surface area contributed by atoms with Crippen molar-refractivity contribution < 1.29 is 13.2 Å². The van der Waals surface area contributed by atoms with Gasteiger partial charge in [0.05, 0.1) is 5.56 Å². The first-order chi connectivity index (χ1) is 9.04. The van der Waals surface area contributed by atoms with Crippen LogP contribution in [-0.2, 0) is 6.18 Å². The maximum Gasteiger partial charge on any atom is 0.416 e. The molecule has 3 aliphatic carbocycles. The smallest absolute Gasteiger partial charge is 0.367 e. The van der Waals surface area contributed by atoms with Crippen LogP contribution >= 0.6 is 0 Å². The number of pyridine rings is 1. The van der Waals surface area contributed by atoms with Crippen molar-refractivity contribution in [3.63, 3.8) is 0 Å². The third-order valence-electron chi connectivity index (χ3n) is 5.14. The average molecular weight is 268 g/mol. The van der Waals surface area contributed by atoms with Crippen molar-refractivity contribution in [1.29, 1.82) is 0 Å². The van der Waals surface area contributed by atoms with E-state index in [0.717, 1.165) is 24.0 Å². The predicted molar refractivity (Wildman–Crippen MR) is 64.5 cm³/mol. The van der Waals surface area contributed by atoms with E-state index >= 15 is 0 Å². The summed E-state index contributed by atoms with van der Waals surface area (Å²) in [4.78, 5) is 4.02. The SMILES string of the molecule is FC(F)(F)c1ccnc(NC2C3C4CCC(C4)C23)c1. The molecule has 4 atom stereocenters. The number of hydrogen-bond acceptors (Lipinski definition) is 2. The Labute approximate surface area is 109 Å². The molecule has 0 aliphatic heterocycles. The van der Waals surface area contributed by atoms with Gasteiger partial charge in [-0.05, 0) is 55.1 Å². The molecule has 1 N–H and O–H groups in total. The molecule has 1 aromatic heterocycles. The van der Waals surface area contributed by atoms with Crippen molar-refractivity contribution in [2.45, 2.75) is 31.5 Å². The van der Waals surface area contributed by atoms with E-state index < -0.39 is 11.7 Å². The van der Waals surface area contributed by atoms with Crippen molar-refractivity contribution in [3.8, 4) is 0 Å². The number of nitrogens with one attached hydrogen (secondary N) is 1. The molecular weight excluding hydrogens is 253 g/mol. The van der Waals surface area contributed by atoms with Crippen LogP contribution in [0.1, 0.15) is 24.8 Å². The highest BCUT2D eigenvalue weighted by Gasteiger charge is 2.65. The van der Waals surface area contributed by atoms with Crippen LogP contribution in [0.15, 0.2) is 18.3 Å². The fourth-order valence-corrected chi connectivity index (χ4v) is 4.37. The Kier molecular flexibility index (Phi) is 2.22. The first-order valence-corrected chi connectivity index (χ1v) is 6.84. The van der Waals surface area contributed by atoms with Crippen LogP contribution in [0, 0.1) is 23.7 Å². The maximum absolute atomic E-state index is 12.6. The summed E-state index contributed by atoms with van der Waals surface area (Å²) in [7, 11) is 0. The molecule has 0 saturated heterocycles. The van der Waals surface area contributed by atoms with E-state index in [-0.39, 0.29) is 0 Å². The Bertz CT molecular complexity index is 498. The highest BCUT2D eigenvalue weighted by molar-refractivity contribution is 5.43. The Morgan fingerprint density at radius 1 is 1.16 bits per heavy atom. The molecule has 4 unspecified atom stereocenters. The standard InChI is InChI=1S/C14H15F3N2/c15-14(16,17)9-3-4-18-10(6-9)19-13-11-7-1-2-8(5-7)12(11)13/h3-4,6-8,11-13H,1-2,5H2,(H,18,19). The van der Waals surface area contributed by atoms with Gasteiger partial charge >= 0.3 is 6.18 Å². The van der Waals surface area contributed by atoms with Gasteiger partial charge in [-0.15, -0.1) is 0 Å². The fraction of sp³-hybridized carbons (Fsp3) is 0.643. The van der Waals surface area contributed by atoms with Crippen LogP contribution in [0.5, 0.6) is 0 Å². The molecule has 0 spiro atoms.